The van der Waals surface area contributed by atoms with E-state index >= 15 is 0 Å². The molecule has 1 N–H and O–H groups in total. The summed E-state index contributed by atoms with van der Waals surface area (Å²) < 4.78 is 0. The van der Waals surface area contributed by atoms with Gasteiger partial charge in [-0.15, -0.1) is 0 Å². The third-order valence-corrected chi connectivity index (χ3v) is 12.3. The lowest BCUT2D eigenvalue weighted by Crippen LogP contribution is -2.54. The normalized spacial score (nSPS) is 62.0. The Morgan fingerprint density at radius 2 is 1.59 bits per heavy atom. The van der Waals surface area contributed by atoms with Crippen LogP contribution in [-0.2, 0) is 0 Å². The molecule has 6 aliphatic rings. The maximum atomic E-state index is 10.3. The summed E-state index contributed by atoms with van der Waals surface area (Å²) in [5.41, 5.74) is 1.12. The topological polar surface area (TPSA) is 23.5 Å². The molecule has 4 aliphatic carbocycles. The number of aliphatic hydroxyl groups excluding tert-OH is 1. The SMILES string of the molecule is CC1CCC2C(C)C3C(CC4C5CCC6CC(O)CC[C@]6(C)C5CC[C@@]43C)N2C1. The summed E-state index contributed by atoms with van der Waals surface area (Å²) in [4.78, 5) is 3.03. The van der Waals surface area contributed by atoms with Crippen LogP contribution in [0.5, 0.6) is 0 Å². The average molecular weight is 400 g/mol. The van der Waals surface area contributed by atoms with E-state index in [0.717, 1.165) is 66.4 Å². The van der Waals surface area contributed by atoms with Gasteiger partial charge >= 0.3 is 0 Å². The first-order chi connectivity index (χ1) is 13.8. The van der Waals surface area contributed by atoms with Crippen LogP contribution in [0.4, 0.5) is 0 Å². The summed E-state index contributed by atoms with van der Waals surface area (Å²) in [7, 11) is 0. The summed E-state index contributed by atoms with van der Waals surface area (Å²) >= 11 is 0. The van der Waals surface area contributed by atoms with Crippen LogP contribution in [0.25, 0.3) is 0 Å². The maximum Gasteiger partial charge on any atom is 0.0543 e. The van der Waals surface area contributed by atoms with Crippen molar-refractivity contribution in [3.8, 4) is 0 Å². The highest BCUT2D eigenvalue weighted by molar-refractivity contribution is 5.17. The molecule has 0 aromatic heterocycles. The minimum Gasteiger partial charge on any atom is -0.393 e. The van der Waals surface area contributed by atoms with E-state index in [1.165, 1.54) is 57.9 Å². The number of fused-ring (bicyclic) bond motifs is 9. The fourth-order valence-corrected chi connectivity index (χ4v) is 11.0. The molecule has 0 bridgehead atoms. The smallest absolute Gasteiger partial charge is 0.0543 e. The standard InChI is InChI=1S/C27H45NO/c1-16-5-8-23-17(2)25-24(28(23)15-16)14-22-20-7-6-18-13-19(29)9-11-26(18,3)21(20)10-12-27(22,25)4/h16-25,29H,5-15H2,1-4H3/t16?,17?,18?,19?,20?,21?,22?,23?,24?,25?,26-,27-/m0/s1. The number of nitrogens with zero attached hydrogens (tertiary/aromatic N) is 1. The van der Waals surface area contributed by atoms with Crippen molar-refractivity contribution in [2.24, 2.45) is 52.3 Å². The molecule has 2 heteroatoms. The molecule has 0 aromatic carbocycles. The molecule has 29 heavy (non-hydrogen) atoms. The Morgan fingerprint density at radius 1 is 0.793 bits per heavy atom. The monoisotopic (exact) mass is 399 g/mol. The first-order valence-corrected chi connectivity index (χ1v) is 13.3. The fourth-order valence-electron chi connectivity index (χ4n) is 11.0. The van der Waals surface area contributed by atoms with Gasteiger partial charge in [0, 0.05) is 18.6 Å². The molecule has 10 unspecified atom stereocenters. The van der Waals surface area contributed by atoms with Gasteiger partial charge in [0.05, 0.1) is 6.10 Å². The Kier molecular flexibility index (Phi) is 4.37. The van der Waals surface area contributed by atoms with Crippen LogP contribution >= 0.6 is 0 Å². The molecule has 0 radical (unpaired) electrons. The van der Waals surface area contributed by atoms with E-state index in [9.17, 15) is 5.11 Å². The van der Waals surface area contributed by atoms with Crippen molar-refractivity contribution >= 4 is 0 Å². The zero-order valence-electron chi connectivity index (χ0n) is 19.4. The van der Waals surface area contributed by atoms with Crippen molar-refractivity contribution in [2.45, 2.75) is 110 Å². The number of aliphatic hydroxyl groups is 1. The fraction of sp³-hybridized carbons (Fsp3) is 1.00. The molecular formula is C27H45NO. The van der Waals surface area contributed by atoms with Gasteiger partial charge in [-0.2, -0.15) is 0 Å². The zero-order valence-corrected chi connectivity index (χ0v) is 19.4. The molecule has 2 nitrogen and oxygen atoms in total. The third kappa shape index (κ3) is 2.54. The Hall–Kier alpha value is -0.0800. The molecule has 6 fully saturated rings. The van der Waals surface area contributed by atoms with Crippen molar-refractivity contribution in [1.29, 1.82) is 0 Å². The van der Waals surface area contributed by atoms with Crippen molar-refractivity contribution < 1.29 is 5.11 Å². The predicted molar refractivity (Wildman–Crippen MR) is 118 cm³/mol. The summed E-state index contributed by atoms with van der Waals surface area (Å²) in [6, 6.07) is 1.79. The number of piperidine rings is 1. The maximum absolute atomic E-state index is 10.3. The van der Waals surface area contributed by atoms with Gasteiger partial charge in [0.1, 0.15) is 0 Å². The quantitative estimate of drug-likeness (QED) is 0.562. The summed E-state index contributed by atoms with van der Waals surface area (Å²) in [6.45, 7) is 11.9. The van der Waals surface area contributed by atoms with E-state index in [-0.39, 0.29) is 6.10 Å². The summed E-state index contributed by atoms with van der Waals surface area (Å²) in [5.74, 6) is 6.47. The van der Waals surface area contributed by atoms with Gasteiger partial charge in [-0.3, -0.25) is 4.90 Å². The first kappa shape index (κ1) is 19.6. The highest BCUT2D eigenvalue weighted by Crippen LogP contribution is 2.70. The lowest BCUT2D eigenvalue weighted by Gasteiger charge is -2.61. The second-order valence-corrected chi connectivity index (χ2v) is 13.3. The van der Waals surface area contributed by atoms with Gasteiger partial charge in [0.15, 0.2) is 0 Å². The Balaban J connectivity index is 1.30. The van der Waals surface area contributed by atoms with Crippen molar-refractivity contribution in [3.63, 3.8) is 0 Å². The highest BCUT2D eigenvalue weighted by atomic mass is 16.3. The van der Waals surface area contributed by atoms with Crippen LogP contribution < -0.4 is 0 Å². The van der Waals surface area contributed by atoms with Gasteiger partial charge in [-0.05, 0) is 116 Å². The van der Waals surface area contributed by atoms with Gasteiger partial charge in [-0.25, -0.2) is 0 Å². The molecule has 2 heterocycles. The molecule has 0 amide bonds. The summed E-state index contributed by atoms with van der Waals surface area (Å²) in [6.07, 6.45) is 13.7. The van der Waals surface area contributed by atoms with Gasteiger partial charge in [-0.1, -0.05) is 27.7 Å². The van der Waals surface area contributed by atoms with Crippen LogP contribution in [0, 0.1) is 52.3 Å². The molecule has 2 aliphatic heterocycles. The second-order valence-electron chi connectivity index (χ2n) is 13.3. The number of hydrogen-bond donors (Lipinski definition) is 1. The number of rotatable bonds is 0. The molecule has 0 spiro atoms. The van der Waals surface area contributed by atoms with E-state index in [4.69, 9.17) is 0 Å². The highest BCUT2D eigenvalue weighted by Gasteiger charge is 2.66. The van der Waals surface area contributed by atoms with E-state index < -0.39 is 0 Å². The molecular weight excluding hydrogens is 354 g/mol. The molecule has 6 rings (SSSR count). The minimum absolute atomic E-state index is 0.0109. The van der Waals surface area contributed by atoms with Crippen LogP contribution in [0.1, 0.15) is 91.9 Å². The Bertz CT molecular complexity index is 663. The van der Waals surface area contributed by atoms with Crippen LogP contribution in [0.2, 0.25) is 0 Å². The van der Waals surface area contributed by atoms with Gasteiger partial charge in [0.25, 0.3) is 0 Å². The van der Waals surface area contributed by atoms with Crippen molar-refractivity contribution in [1.82, 2.24) is 4.90 Å². The molecule has 0 aromatic rings. The third-order valence-electron chi connectivity index (χ3n) is 12.3. The van der Waals surface area contributed by atoms with Crippen LogP contribution in [0.3, 0.4) is 0 Å². The van der Waals surface area contributed by atoms with E-state index in [1.807, 2.05) is 0 Å². The molecule has 164 valence electrons. The number of hydrogen-bond acceptors (Lipinski definition) is 2. The Morgan fingerprint density at radius 3 is 2.41 bits per heavy atom. The van der Waals surface area contributed by atoms with Crippen LogP contribution in [-0.4, -0.2) is 34.7 Å². The molecule has 12 atom stereocenters. The van der Waals surface area contributed by atoms with Gasteiger partial charge < -0.3 is 5.11 Å². The van der Waals surface area contributed by atoms with E-state index in [0.29, 0.717) is 10.8 Å². The Labute approximate surface area is 179 Å². The molecule has 4 saturated carbocycles. The average Bonchev–Trinajstić information content (AvgIpc) is 3.15. The lowest BCUT2D eigenvalue weighted by molar-refractivity contribution is -0.129. The van der Waals surface area contributed by atoms with Gasteiger partial charge in [0.2, 0.25) is 0 Å². The second kappa shape index (κ2) is 6.47. The lowest BCUT2D eigenvalue weighted by atomic mass is 9.44. The summed E-state index contributed by atoms with van der Waals surface area (Å²) in [5, 5.41) is 10.3. The molecule has 2 saturated heterocycles. The van der Waals surface area contributed by atoms with Crippen molar-refractivity contribution in [3.05, 3.63) is 0 Å². The van der Waals surface area contributed by atoms with E-state index in [1.54, 1.807) is 0 Å². The van der Waals surface area contributed by atoms with Crippen LogP contribution in [0.15, 0.2) is 0 Å². The largest absolute Gasteiger partial charge is 0.393 e. The minimum atomic E-state index is -0.0109. The predicted octanol–water partition coefficient (Wildman–Crippen LogP) is 5.73. The van der Waals surface area contributed by atoms with E-state index in [2.05, 4.69) is 32.6 Å². The zero-order chi connectivity index (χ0) is 20.1. The van der Waals surface area contributed by atoms with Crippen molar-refractivity contribution in [2.75, 3.05) is 6.54 Å². The first-order valence-electron chi connectivity index (χ1n) is 13.3.